The number of carbonyl (C=O) groups is 1. The van der Waals surface area contributed by atoms with Crippen molar-refractivity contribution >= 4 is 29.3 Å². The van der Waals surface area contributed by atoms with E-state index in [1.807, 2.05) is 13.0 Å². The number of nitrogens with zero attached hydrogens (tertiary/aromatic N) is 3. The Morgan fingerprint density at radius 3 is 2.67 bits per heavy atom. The summed E-state index contributed by atoms with van der Waals surface area (Å²) in [5, 5.41) is 16.7. The van der Waals surface area contributed by atoms with Gasteiger partial charge in [0.1, 0.15) is 28.4 Å². The maximum absolute atomic E-state index is 13.2. The lowest BCUT2D eigenvalue weighted by molar-refractivity contribution is -0.112. The molecule has 0 saturated heterocycles. The highest BCUT2D eigenvalue weighted by Crippen LogP contribution is 2.27. The Kier molecular flexibility index (Phi) is 6.50. The number of aromatic nitrogens is 2. The zero-order chi connectivity index (χ0) is 21.7. The van der Waals surface area contributed by atoms with Crippen molar-refractivity contribution in [2.24, 2.45) is 0 Å². The Bertz CT molecular complexity index is 1150. The van der Waals surface area contributed by atoms with Crippen LogP contribution in [0.25, 0.3) is 11.8 Å². The van der Waals surface area contributed by atoms with Gasteiger partial charge in [0.25, 0.3) is 5.91 Å². The molecular formula is C22H18ClFN4O2. The predicted molar refractivity (Wildman–Crippen MR) is 113 cm³/mol. The van der Waals surface area contributed by atoms with E-state index >= 15 is 0 Å². The van der Waals surface area contributed by atoms with E-state index in [2.05, 4.69) is 10.4 Å². The van der Waals surface area contributed by atoms with Crippen molar-refractivity contribution < 1.29 is 13.9 Å². The van der Waals surface area contributed by atoms with Crippen molar-refractivity contribution in [3.63, 3.8) is 0 Å². The number of halogens is 2. The third-order valence-corrected chi connectivity index (χ3v) is 4.57. The number of rotatable bonds is 6. The summed E-state index contributed by atoms with van der Waals surface area (Å²) < 4.78 is 20.1. The smallest absolute Gasteiger partial charge is 0.266 e. The van der Waals surface area contributed by atoms with E-state index < -0.39 is 5.91 Å². The first kappa shape index (κ1) is 21.1. The number of nitrogens with one attached hydrogen (secondary N) is 1. The molecule has 0 radical (unpaired) electrons. The first-order valence-corrected chi connectivity index (χ1v) is 9.48. The average molecular weight is 425 g/mol. The van der Waals surface area contributed by atoms with Gasteiger partial charge in [0.2, 0.25) is 0 Å². The third-order valence-electron chi connectivity index (χ3n) is 4.21. The fourth-order valence-electron chi connectivity index (χ4n) is 2.76. The minimum Gasteiger partial charge on any atom is -0.492 e. The number of aryl methyl sites for hydroxylation is 1. The van der Waals surface area contributed by atoms with Crippen LogP contribution in [0.15, 0.2) is 54.1 Å². The second-order valence-corrected chi connectivity index (χ2v) is 6.59. The quantitative estimate of drug-likeness (QED) is 0.450. The second-order valence-electron chi connectivity index (χ2n) is 6.23. The molecule has 0 aliphatic heterocycles. The van der Waals surface area contributed by atoms with Gasteiger partial charge in [-0.1, -0.05) is 23.7 Å². The fourth-order valence-corrected chi connectivity index (χ4v) is 3.09. The van der Waals surface area contributed by atoms with E-state index in [1.54, 1.807) is 31.2 Å². The monoisotopic (exact) mass is 424 g/mol. The minimum absolute atomic E-state index is 0.148. The van der Waals surface area contributed by atoms with E-state index in [-0.39, 0.29) is 16.5 Å². The highest BCUT2D eigenvalue weighted by atomic mass is 35.5. The highest BCUT2D eigenvalue weighted by molar-refractivity contribution is 6.31. The van der Waals surface area contributed by atoms with Gasteiger partial charge in [-0.25, -0.2) is 9.07 Å². The van der Waals surface area contributed by atoms with Crippen molar-refractivity contribution in [3.8, 4) is 17.5 Å². The Labute approximate surface area is 178 Å². The summed E-state index contributed by atoms with van der Waals surface area (Å²) in [5.74, 6) is -0.478. The molecule has 2 aromatic carbocycles. The van der Waals surface area contributed by atoms with Crippen LogP contribution in [0.5, 0.6) is 5.75 Å². The summed E-state index contributed by atoms with van der Waals surface area (Å²) in [6, 6.07) is 14.5. The van der Waals surface area contributed by atoms with E-state index in [1.165, 1.54) is 35.0 Å². The van der Waals surface area contributed by atoms with Gasteiger partial charge >= 0.3 is 0 Å². The molecule has 0 aliphatic carbocycles. The zero-order valence-corrected chi connectivity index (χ0v) is 17.1. The molecule has 3 aromatic rings. The van der Waals surface area contributed by atoms with Crippen LogP contribution in [0.1, 0.15) is 18.2 Å². The molecule has 3 rings (SSSR count). The van der Waals surface area contributed by atoms with Gasteiger partial charge in [0, 0.05) is 5.56 Å². The lowest BCUT2D eigenvalue weighted by atomic mass is 10.1. The Hall–Kier alpha value is -3.63. The first-order valence-electron chi connectivity index (χ1n) is 9.10. The third kappa shape index (κ3) is 4.50. The van der Waals surface area contributed by atoms with E-state index in [4.69, 9.17) is 16.3 Å². The summed E-state index contributed by atoms with van der Waals surface area (Å²) in [6.45, 7) is 3.98. The molecule has 0 aliphatic rings. The average Bonchev–Trinajstić information content (AvgIpc) is 3.02. The van der Waals surface area contributed by atoms with Crippen molar-refractivity contribution in [1.82, 2.24) is 9.78 Å². The molecule has 0 spiro atoms. The van der Waals surface area contributed by atoms with Crippen molar-refractivity contribution in [1.29, 1.82) is 5.26 Å². The van der Waals surface area contributed by atoms with Crippen molar-refractivity contribution in [2.45, 2.75) is 13.8 Å². The van der Waals surface area contributed by atoms with Gasteiger partial charge in [0.05, 0.1) is 23.7 Å². The Balaban J connectivity index is 1.92. The van der Waals surface area contributed by atoms with Gasteiger partial charge in [-0.2, -0.15) is 10.4 Å². The summed E-state index contributed by atoms with van der Waals surface area (Å²) in [7, 11) is 0. The van der Waals surface area contributed by atoms with E-state index in [9.17, 15) is 14.4 Å². The largest absolute Gasteiger partial charge is 0.492 e. The van der Waals surface area contributed by atoms with Crippen molar-refractivity contribution in [2.75, 3.05) is 11.9 Å². The fraction of sp³-hybridized carbons (Fsp3) is 0.136. The molecule has 1 amide bonds. The summed E-state index contributed by atoms with van der Waals surface area (Å²) >= 11 is 6.44. The van der Waals surface area contributed by atoms with Gasteiger partial charge < -0.3 is 10.1 Å². The van der Waals surface area contributed by atoms with Crippen LogP contribution < -0.4 is 10.1 Å². The van der Waals surface area contributed by atoms with Crippen LogP contribution in [0.4, 0.5) is 10.1 Å². The summed E-state index contributed by atoms with van der Waals surface area (Å²) in [6.07, 6.45) is 1.38. The second kappa shape index (κ2) is 9.25. The van der Waals surface area contributed by atoms with Gasteiger partial charge in [-0.15, -0.1) is 0 Å². The normalized spacial score (nSPS) is 11.1. The van der Waals surface area contributed by atoms with E-state index in [0.29, 0.717) is 35.0 Å². The standard InChI is InChI=1S/C22H18ClFN4O2/c1-3-30-20-7-5-4-6-19(20)26-22(29)15(13-25)12-18-14(2)27-28(21(18)23)17-10-8-16(24)9-11-17/h4-12H,3H2,1-2H3,(H,26,29)/b15-12+. The Morgan fingerprint density at radius 1 is 1.30 bits per heavy atom. The van der Waals surface area contributed by atoms with Crippen LogP contribution in [0, 0.1) is 24.1 Å². The number of nitriles is 1. The molecule has 8 heteroatoms. The van der Waals surface area contributed by atoms with E-state index in [0.717, 1.165) is 0 Å². The SMILES string of the molecule is CCOc1ccccc1NC(=O)/C(C#N)=C/c1c(C)nn(-c2ccc(F)cc2)c1Cl. The number of hydrogen-bond donors (Lipinski definition) is 1. The number of ether oxygens (including phenoxy) is 1. The molecule has 0 unspecified atom stereocenters. The van der Waals surface area contributed by atoms with Gasteiger partial charge in [0.15, 0.2) is 0 Å². The lowest BCUT2D eigenvalue weighted by Gasteiger charge is -2.10. The minimum atomic E-state index is -0.602. The summed E-state index contributed by atoms with van der Waals surface area (Å²) in [5.41, 5.74) is 1.79. The molecule has 152 valence electrons. The Morgan fingerprint density at radius 2 is 2.00 bits per heavy atom. The van der Waals surface area contributed by atoms with Crippen molar-refractivity contribution in [3.05, 3.63) is 76.3 Å². The molecule has 1 N–H and O–H groups in total. The van der Waals surface area contributed by atoms with Crippen LogP contribution >= 0.6 is 11.6 Å². The molecule has 0 bridgehead atoms. The molecule has 6 nitrogen and oxygen atoms in total. The number of para-hydroxylation sites is 2. The molecule has 0 fully saturated rings. The lowest BCUT2D eigenvalue weighted by Crippen LogP contribution is -2.14. The first-order chi connectivity index (χ1) is 14.4. The number of carbonyl (C=O) groups excluding carboxylic acids is 1. The van der Waals surface area contributed by atoms with Crippen LogP contribution in [-0.2, 0) is 4.79 Å². The number of benzene rings is 2. The maximum atomic E-state index is 13.2. The summed E-state index contributed by atoms with van der Waals surface area (Å²) in [4.78, 5) is 12.7. The maximum Gasteiger partial charge on any atom is 0.266 e. The topological polar surface area (TPSA) is 79.9 Å². The zero-order valence-electron chi connectivity index (χ0n) is 16.3. The van der Waals surface area contributed by atoms with Crippen LogP contribution in [-0.4, -0.2) is 22.3 Å². The molecule has 30 heavy (non-hydrogen) atoms. The van der Waals surface area contributed by atoms with Gasteiger partial charge in [-0.05, 0) is 56.3 Å². The van der Waals surface area contributed by atoms with Gasteiger partial charge in [-0.3, -0.25) is 4.79 Å². The molecule has 0 saturated carbocycles. The number of amides is 1. The number of anilines is 1. The molecule has 1 heterocycles. The number of hydrogen-bond acceptors (Lipinski definition) is 4. The van der Waals surface area contributed by atoms with Crippen LogP contribution in [0.2, 0.25) is 5.15 Å². The predicted octanol–water partition coefficient (Wildman–Crippen LogP) is 4.92. The molecule has 0 atom stereocenters. The highest BCUT2D eigenvalue weighted by Gasteiger charge is 2.17. The molecule has 1 aromatic heterocycles. The molecular weight excluding hydrogens is 407 g/mol. The van der Waals surface area contributed by atoms with Crippen LogP contribution in [0.3, 0.4) is 0 Å².